The van der Waals surface area contributed by atoms with Crippen LogP contribution in [0.2, 0.25) is 0 Å². The van der Waals surface area contributed by atoms with Gasteiger partial charge in [0.25, 0.3) is 0 Å². The highest BCUT2D eigenvalue weighted by Gasteiger charge is 2.08. The van der Waals surface area contributed by atoms with E-state index in [9.17, 15) is 4.79 Å². The molecule has 0 atom stereocenters. The number of aliphatic carboxylic acids is 1. The normalized spacial score (nSPS) is 15.5. The molecule has 3 rings (SSSR count). The number of piperazine rings is 1. The van der Waals surface area contributed by atoms with Crippen LogP contribution < -0.4 is 21.7 Å². The van der Waals surface area contributed by atoms with Gasteiger partial charge in [-0.05, 0) is 13.1 Å². The Balaban J connectivity index is 0.000000253. The summed E-state index contributed by atoms with van der Waals surface area (Å²) in [6, 6.07) is 7.48. The van der Waals surface area contributed by atoms with Crippen LogP contribution >= 0.6 is 0 Å². The molecule has 0 spiro atoms. The molecule has 0 aliphatic carbocycles. The summed E-state index contributed by atoms with van der Waals surface area (Å²) in [5.41, 5.74) is 6.23. The van der Waals surface area contributed by atoms with Crippen LogP contribution in [0.1, 0.15) is 5.56 Å². The zero-order valence-electron chi connectivity index (χ0n) is 12.7. The largest absolute Gasteiger partial charge is 0.476 e. The first kappa shape index (κ1) is 17.8. The number of nitrogens with two attached hydrogens (primary N) is 1. The first-order valence-corrected chi connectivity index (χ1v) is 7.09. The number of carbonyl (C=O) groups is 1. The topological polar surface area (TPSA) is 112 Å². The first-order valence-electron chi connectivity index (χ1n) is 7.09. The molecule has 0 saturated carbocycles. The highest BCUT2D eigenvalue weighted by atomic mass is 16.4. The molecule has 7 nitrogen and oxygen atoms in total. The Bertz CT molecular complexity index is 513. The molecule has 0 aromatic heterocycles. The van der Waals surface area contributed by atoms with Gasteiger partial charge >= 0.3 is 5.97 Å². The average Bonchev–Trinajstić information content (AvgIpc) is 2.81. The lowest BCUT2D eigenvalue weighted by Crippen LogP contribution is -2.39. The van der Waals surface area contributed by atoms with Crippen LogP contribution in [0.15, 0.2) is 41.2 Å². The molecule has 1 fully saturated rings. The van der Waals surface area contributed by atoms with E-state index >= 15 is 0 Å². The molecule has 7 heteroatoms. The zero-order valence-corrected chi connectivity index (χ0v) is 12.7. The Morgan fingerprint density at radius 1 is 1.14 bits per heavy atom. The molecule has 0 radical (unpaired) electrons. The highest BCUT2D eigenvalue weighted by Crippen LogP contribution is 2.16. The minimum absolute atomic E-state index is 0.00111. The summed E-state index contributed by atoms with van der Waals surface area (Å²) >= 11 is 0. The Hall–Kier alpha value is -2.22. The van der Waals surface area contributed by atoms with E-state index in [0.29, 0.717) is 0 Å². The molecule has 1 saturated heterocycles. The van der Waals surface area contributed by atoms with Gasteiger partial charge < -0.3 is 26.8 Å². The van der Waals surface area contributed by atoms with Crippen LogP contribution in [0.25, 0.3) is 0 Å². The molecule has 6 N–H and O–H groups in total. The van der Waals surface area contributed by atoms with Gasteiger partial charge in [0.1, 0.15) is 0 Å². The Morgan fingerprint density at radius 3 is 2.27 bits per heavy atom. The maximum Gasteiger partial charge on any atom is 0.356 e. The van der Waals surface area contributed by atoms with E-state index in [1.165, 1.54) is 19.5 Å². The average molecular weight is 305 g/mol. The summed E-state index contributed by atoms with van der Waals surface area (Å²) < 4.78 is 0. The van der Waals surface area contributed by atoms with Crippen LogP contribution in [-0.2, 0) is 4.79 Å². The van der Waals surface area contributed by atoms with Crippen molar-refractivity contribution in [2.45, 2.75) is 0 Å². The summed E-state index contributed by atoms with van der Waals surface area (Å²) in [6.45, 7) is 4.56. The summed E-state index contributed by atoms with van der Waals surface area (Å²) in [4.78, 5) is 14.5. The number of carboxylic acid groups (broad SMARTS) is 1. The fourth-order valence-corrected chi connectivity index (χ4v) is 1.78. The van der Waals surface area contributed by atoms with Gasteiger partial charge in [-0.25, -0.2) is 9.79 Å². The Morgan fingerprint density at radius 2 is 1.73 bits per heavy atom. The SMILES string of the molecule is C1CNCCN1.CN.O=C(O)C1=CNc2ccccc2C=N1. The lowest BCUT2D eigenvalue weighted by Gasteiger charge is -2.11. The Labute approximate surface area is 130 Å². The van der Waals surface area contributed by atoms with Gasteiger partial charge in [-0.15, -0.1) is 0 Å². The number of para-hydroxylation sites is 1. The van der Waals surface area contributed by atoms with Gasteiger partial charge in [0, 0.05) is 49.8 Å². The van der Waals surface area contributed by atoms with Crippen molar-refractivity contribution in [1.29, 1.82) is 0 Å². The van der Waals surface area contributed by atoms with Gasteiger partial charge in [-0.2, -0.15) is 0 Å². The molecule has 1 aromatic carbocycles. The quantitative estimate of drug-likeness (QED) is 0.507. The summed E-state index contributed by atoms with van der Waals surface area (Å²) in [7, 11) is 1.50. The number of benzene rings is 1. The van der Waals surface area contributed by atoms with Gasteiger partial charge in [0.15, 0.2) is 5.70 Å². The third-order valence-corrected chi connectivity index (χ3v) is 2.84. The van der Waals surface area contributed by atoms with E-state index in [-0.39, 0.29) is 5.70 Å². The molecule has 2 aliphatic rings. The zero-order chi connectivity index (χ0) is 16.2. The standard InChI is InChI=1S/C10H8N2O2.C4H10N2.CH5N/c13-10(14)9-6-12-8-4-2-1-3-7(8)5-11-9;1-2-6-4-3-5-1;1-2/h1-6,12H,(H,13,14);5-6H,1-4H2;2H2,1H3. The van der Waals surface area contributed by atoms with Crippen molar-refractivity contribution in [3.63, 3.8) is 0 Å². The van der Waals surface area contributed by atoms with E-state index in [1.54, 1.807) is 0 Å². The van der Waals surface area contributed by atoms with Crippen molar-refractivity contribution in [3.8, 4) is 0 Å². The van der Waals surface area contributed by atoms with Crippen molar-refractivity contribution in [1.82, 2.24) is 10.6 Å². The van der Waals surface area contributed by atoms with Gasteiger partial charge in [-0.1, -0.05) is 18.2 Å². The molecule has 2 aliphatic heterocycles. The van der Waals surface area contributed by atoms with E-state index in [1.807, 2.05) is 24.3 Å². The third-order valence-electron chi connectivity index (χ3n) is 2.84. The first-order chi connectivity index (χ1) is 10.8. The van der Waals surface area contributed by atoms with Crippen molar-refractivity contribution in [3.05, 3.63) is 41.7 Å². The number of hydrogen-bond donors (Lipinski definition) is 5. The molecule has 0 bridgehead atoms. The minimum Gasteiger partial charge on any atom is -0.476 e. The number of fused-ring (bicyclic) bond motifs is 1. The number of rotatable bonds is 1. The highest BCUT2D eigenvalue weighted by molar-refractivity contribution is 5.95. The molecule has 120 valence electrons. The number of carboxylic acids is 1. The van der Waals surface area contributed by atoms with Crippen LogP contribution in [-0.4, -0.2) is 50.5 Å². The molecule has 2 heterocycles. The predicted molar refractivity (Wildman–Crippen MR) is 89.2 cm³/mol. The summed E-state index contributed by atoms with van der Waals surface area (Å²) in [5, 5.41) is 18.1. The number of hydrogen-bond acceptors (Lipinski definition) is 6. The second-order valence-corrected chi connectivity index (χ2v) is 4.32. The molecule has 0 unspecified atom stereocenters. The van der Waals surface area contributed by atoms with Gasteiger partial charge in [0.2, 0.25) is 0 Å². The number of nitrogens with zero attached hydrogens (tertiary/aromatic N) is 1. The van der Waals surface area contributed by atoms with Crippen LogP contribution in [0, 0.1) is 0 Å². The van der Waals surface area contributed by atoms with Crippen LogP contribution in [0.4, 0.5) is 5.69 Å². The summed E-state index contributed by atoms with van der Waals surface area (Å²) in [5.74, 6) is -1.04. The van der Waals surface area contributed by atoms with E-state index in [2.05, 4.69) is 26.7 Å². The maximum absolute atomic E-state index is 10.6. The Kier molecular flexibility index (Phi) is 8.51. The fraction of sp³-hybridized carbons (Fsp3) is 0.333. The lowest BCUT2D eigenvalue weighted by molar-refractivity contribution is -0.132. The van der Waals surface area contributed by atoms with Crippen molar-refractivity contribution in [2.75, 3.05) is 38.5 Å². The number of anilines is 1. The van der Waals surface area contributed by atoms with E-state index in [4.69, 9.17) is 5.11 Å². The predicted octanol–water partition coefficient (Wildman–Crippen LogP) is 0.211. The monoisotopic (exact) mass is 305 g/mol. The molecular formula is C15H23N5O2. The van der Waals surface area contributed by atoms with Crippen LogP contribution in [0.3, 0.4) is 0 Å². The molecule has 22 heavy (non-hydrogen) atoms. The van der Waals surface area contributed by atoms with Crippen molar-refractivity contribution in [2.24, 2.45) is 10.7 Å². The molecular weight excluding hydrogens is 282 g/mol. The van der Waals surface area contributed by atoms with Gasteiger partial charge in [-0.3, -0.25) is 0 Å². The number of nitrogens with one attached hydrogen (secondary N) is 3. The molecule has 0 amide bonds. The van der Waals surface area contributed by atoms with Crippen molar-refractivity contribution >= 4 is 17.9 Å². The second-order valence-electron chi connectivity index (χ2n) is 4.32. The number of aliphatic imine (C=N–C) groups is 1. The third kappa shape index (κ3) is 6.04. The molecule has 1 aromatic rings. The summed E-state index contributed by atoms with van der Waals surface area (Å²) in [6.07, 6.45) is 2.92. The van der Waals surface area contributed by atoms with Gasteiger partial charge in [0.05, 0.1) is 0 Å². The van der Waals surface area contributed by atoms with E-state index < -0.39 is 5.97 Å². The van der Waals surface area contributed by atoms with E-state index in [0.717, 1.165) is 37.4 Å². The van der Waals surface area contributed by atoms with Crippen LogP contribution in [0.5, 0.6) is 0 Å². The lowest BCUT2D eigenvalue weighted by atomic mass is 10.2. The smallest absolute Gasteiger partial charge is 0.356 e. The van der Waals surface area contributed by atoms with Crippen molar-refractivity contribution < 1.29 is 9.90 Å². The fourth-order valence-electron chi connectivity index (χ4n) is 1.78. The minimum atomic E-state index is -1.04. The maximum atomic E-state index is 10.6. The second kappa shape index (κ2) is 10.5.